The van der Waals surface area contributed by atoms with E-state index in [0.717, 1.165) is 16.8 Å². The summed E-state index contributed by atoms with van der Waals surface area (Å²) in [6, 6.07) is 23.9. The average molecular weight is 447 g/mol. The first-order chi connectivity index (χ1) is 15.6. The number of aromatic nitrogens is 3. The molecule has 0 saturated carbocycles. The molecule has 0 saturated heterocycles. The summed E-state index contributed by atoms with van der Waals surface area (Å²) in [5.74, 6) is 1.14. The van der Waals surface area contributed by atoms with Crippen LogP contribution >= 0.6 is 0 Å². The minimum absolute atomic E-state index is 0.208. The Morgan fingerprint density at radius 3 is 2.12 bits per heavy atom. The highest BCUT2D eigenvalue weighted by Gasteiger charge is 2.13. The Labute approximate surface area is 186 Å². The average Bonchev–Trinajstić information content (AvgIpc) is 2.84. The number of pyridine rings is 1. The van der Waals surface area contributed by atoms with E-state index < -0.39 is 10.0 Å². The van der Waals surface area contributed by atoms with Crippen LogP contribution in [-0.2, 0) is 10.0 Å². The number of anilines is 3. The zero-order valence-corrected chi connectivity index (χ0v) is 18.0. The van der Waals surface area contributed by atoms with Gasteiger partial charge in [0.25, 0.3) is 0 Å². The molecule has 9 heteroatoms. The Kier molecular flexibility index (Phi) is 6.69. The molecular formula is C23H22N6O2S. The van der Waals surface area contributed by atoms with Crippen molar-refractivity contribution in [3.63, 3.8) is 0 Å². The van der Waals surface area contributed by atoms with E-state index in [1.165, 1.54) is 0 Å². The van der Waals surface area contributed by atoms with E-state index in [-0.39, 0.29) is 11.4 Å². The maximum absolute atomic E-state index is 12.5. The highest BCUT2D eigenvalue weighted by molar-refractivity contribution is 7.89. The Bertz CT molecular complexity index is 1230. The van der Waals surface area contributed by atoms with E-state index in [9.17, 15) is 8.42 Å². The molecule has 0 atom stereocenters. The molecule has 0 aliphatic carbocycles. The van der Waals surface area contributed by atoms with Gasteiger partial charge < -0.3 is 10.6 Å². The second-order valence-electron chi connectivity index (χ2n) is 6.89. The maximum Gasteiger partial charge on any atom is 0.240 e. The number of nitrogens with one attached hydrogen (secondary N) is 3. The van der Waals surface area contributed by atoms with Gasteiger partial charge in [-0.25, -0.2) is 13.1 Å². The lowest BCUT2D eigenvalue weighted by atomic mass is 10.1. The van der Waals surface area contributed by atoms with Crippen molar-refractivity contribution < 1.29 is 8.42 Å². The monoisotopic (exact) mass is 446 g/mol. The molecule has 8 nitrogen and oxygen atoms in total. The molecule has 2 aromatic heterocycles. The molecule has 4 aromatic rings. The number of hydrogen-bond acceptors (Lipinski definition) is 7. The Morgan fingerprint density at radius 1 is 0.719 bits per heavy atom. The number of nitrogens with zero attached hydrogens (tertiary/aromatic N) is 3. The van der Waals surface area contributed by atoms with E-state index in [0.29, 0.717) is 18.2 Å². The van der Waals surface area contributed by atoms with Crippen molar-refractivity contribution in [2.45, 2.75) is 4.90 Å². The third kappa shape index (κ3) is 5.65. The fourth-order valence-electron chi connectivity index (χ4n) is 2.99. The predicted molar refractivity (Wildman–Crippen MR) is 125 cm³/mol. The first-order valence-corrected chi connectivity index (χ1v) is 11.5. The summed E-state index contributed by atoms with van der Waals surface area (Å²) >= 11 is 0. The fraction of sp³-hybridized carbons (Fsp3) is 0.0870. The molecule has 162 valence electrons. The zero-order valence-electron chi connectivity index (χ0n) is 17.1. The van der Waals surface area contributed by atoms with Crippen LogP contribution in [-0.4, -0.2) is 36.7 Å². The summed E-state index contributed by atoms with van der Waals surface area (Å²) in [5.41, 5.74) is 2.82. The molecule has 0 spiro atoms. The van der Waals surface area contributed by atoms with Crippen molar-refractivity contribution in [1.29, 1.82) is 0 Å². The van der Waals surface area contributed by atoms with Gasteiger partial charge in [0.05, 0.1) is 16.8 Å². The quantitative estimate of drug-likeness (QED) is 0.337. The van der Waals surface area contributed by atoms with Crippen molar-refractivity contribution in [2.75, 3.05) is 23.7 Å². The van der Waals surface area contributed by atoms with E-state index in [1.54, 1.807) is 48.8 Å². The van der Waals surface area contributed by atoms with Crippen LogP contribution in [0.1, 0.15) is 0 Å². The normalized spacial score (nSPS) is 11.1. The van der Waals surface area contributed by atoms with E-state index in [2.05, 4.69) is 30.5 Å². The van der Waals surface area contributed by atoms with Gasteiger partial charge in [-0.05, 0) is 47.5 Å². The number of hydrogen-bond donors (Lipinski definition) is 3. The lowest BCUT2D eigenvalue weighted by Crippen LogP contribution is -2.29. The van der Waals surface area contributed by atoms with Gasteiger partial charge in [0.1, 0.15) is 5.82 Å². The summed E-state index contributed by atoms with van der Waals surface area (Å²) in [5, 5.41) is 14.3. The van der Waals surface area contributed by atoms with Crippen LogP contribution < -0.4 is 15.4 Å². The minimum atomic E-state index is -3.60. The molecule has 0 unspecified atom stereocenters. The highest BCUT2D eigenvalue weighted by atomic mass is 32.2. The summed E-state index contributed by atoms with van der Waals surface area (Å²) in [6.07, 6.45) is 3.38. The number of sulfonamides is 1. The molecule has 0 fully saturated rings. The van der Waals surface area contributed by atoms with E-state index >= 15 is 0 Å². The molecule has 0 aliphatic heterocycles. The Balaban J connectivity index is 1.26. The van der Waals surface area contributed by atoms with Crippen LogP contribution in [0.25, 0.3) is 11.1 Å². The molecule has 0 aliphatic rings. The topological polar surface area (TPSA) is 109 Å². The van der Waals surface area contributed by atoms with E-state index in [1.807, 2.05) is 42.5 Å². The van der Waals surface area contributed by atoms with Gasteiger partial charge in [-0.15, -0.1) is 10.2 Å². The molecular weight excluding hydrogens is 424 g/mol. The third-order valence-electron chi connectivity index (χ3n) is 4.59. The minimum Gasteiger partial charge on any atom is -0.367 e. The van der Waals surface area contributed by atoms with Crippen molar-refractivity contribution in [1.82, 2.24) is 19.9 Å². The molecule has 2 aromatic carbocycles. The largest absolute Gasteiger partial charge is 0.367 e. The lowest BCUT2D eigenvalue weighted by molar-refractivity contribution is 0.583. The van der Waals surface area contributed by atoms with Gasteiger partial charge in [-0.1, -0.05) is 42.5 Å². The molecule has 0 amide bonds. The lowest BCUT2D eigenvalue weighted by Gasteiger charge is -2.09. The van der Waals surface area contributed by atoms with Crippen LogP contribution in [0.4, 0.5) is 17.3 Å². The number of benzene rings is 2. The molecule has 4 rings (SSSR count). The van der Waals surface area contributed by atoms with Crippen LogP contribution in [0.3, 0.4) is 0 Å². The third-order valence-corrected chi connectivity index (χ3v) is 6.07. The Morgan fingerprint density at radius 2 is 1.44 bits per heavy atom. The maximum atomic E-state index is 12.5. The highest BCUT2D eigenvalue weighted by Crippen LogP contribution is 2.21. The summed E-state index contributed by atoms with van der Waals surface area (Å²) in [6.45, 7) is 0.575. The van der Waals surface area contributed by atoms with Crippen LogP contribution in [0, 0.1) is 0 Å². The molecule has 0 bridgehead atoms. The summed E-state index contributed by atoms with van der Waals surface area (Å²) in [7, 11) is -3.60. The van der Waals surface area contributed by atoms with Crippen LogP contribution in [0.5, 0.6) is 0 Å². The summed E-state index contributed by atoms with van der Waals surface area (Å²) in [4.78, 5) is 4.25. The molecule has 32 heavy (non-hydrogen) atoms. The SMILES string of the molecule is O=S(=O)(NCCNc1ccc(Nc2cccnc2)nn1)c1ccc(-c2ccccc2)cc1. The van der Waals surface area contributed by atoms with Gasteiger partial charge in [-0.3, -0.25) is 4.98 Å². The van der Waals surface area contributed by atoms with Crippen molar-refractivity contribution in [3.8, 4) is 11.1 Å². The first kappa shape index (κ1) is 21.4. The second kappa shape index (κ2) is 9.99. The molecule has 0 radical (unpaired) electrons. The second-order valence-corrected chi connectivity index (χ2v) is 8.65. The zero-order chi connectivity index (χ0) is 22.2. The van der Waals surface area contributed by atoms with Crippen LogP contribution in [0.2, 0.25) is 0 Å². The van der Waals surface area contributed by atoms with E-state index in [4.69, 9.17) is 0 Å². The van der Waals surface area contributed by atoms with Crippen molar-refractivity contribution >= 4 is 27.3 Å². The van der Waals surface area contributed by atoms with Gasteiger partial charge in [0.2, 0.25) is 10.0 Å². The number of rotatable bonds is 9. The summed E-state index contributed by atoms with van der Waals surface area (Å²) < 4.78 is 27.6. The fourth-order valence-corrected chi connectivity index (χ4v) is 4.03. The molecule has 2 heterocycles. The Hall–Kier alpha value is -3.82. The van der Waals surface area contributed by atoms with Gasteiger partial charge in [0, 0.05) is 19.3 Å². The molecule has 3 N–H and O–H groups in total. The van der Waals surface area contributed by atoms with Crippen molar-refractivity contribution in [2.24, 2.45) is 0 Å². The predicted octanol–water partition coefficient (Wildman–Crippen LogP) is 3.67. The first-order valence-electron chi connectivity index (χ1n) is 10.00. The standard InChI is InChI=1S/C23H22N6O2S/c30-32(31,21-10-8-19(9-11-21)18-5-2-1-3-6-18)26-16-15-25-22-12-13-23(29-28-22)27-20-7-4-14-24-17-20/h1-14,17,26H,15-16H2,(H,25,28)(H,27,29). The van der Waals surface area contributed by atoms with Crippen molar-refractivity contribution in [3.05, 3.63) is 91.3 Å². The smallest absolute Gasteiger partial charge is 0.240 e. The van der Waals surface area contributed by atoms with Gasteiger partial charge in [-0.2, -0.15) is 0 Å². The van der Waals surface area contributed by atoms with Gasteiger partial charge >= 0.3 is 0 Å². The van der Waals surface area contributed by atoms with Crippen LogP contribution in [0.15, 0.2) is 96.2 Å². The van der Waals surface area contributed by atoms with Gasteiger partial charge in [0.15, 0.2) is 5.82 Å².